The summed E-state index contributed by atoms with van der Waals surface area (Å²) in [7, 11) is 0. The quantitative estimate of drug-likeness (QED) is 0.163. The van der Waals surface area contributed by atoms with Crippen LogP contribution in [0.3, 0.4) is 0 Å². The van der Waals surface area contributed by atoms with Crippen molar-refractivity contribution in [1.82, 2.24) is 20.4 Å². The van der Waals surface area contributed by atoms with E-state index in [0.29, 0.717) is 0 Å². The van der Waals surface area contributed by atoms with E-state index in [9.17, 15) is 0 Å². The fourth-order valence-electron chi connectivity index (χ4n) is 6.85. The van der Waals surface area contributed by atoms with E-state index in [0.717, 1.165) is 50.5 Å². The Labute approximate surface area is 290 Å². The van der Waals surface area contributed by atoms with Crippen LogP contribution in [0.1, 0.15) is 0 Å². The van der Waals surface area contributed by atoms with Crippen LogP contribution < -0.4 is 0 Å². The van der Waals surface area contributed by atoms with Crippen LogP contribution in [0.5, 0.6) is 0 Å². The summed E-state index contributed by atoms with van der Waals surface area (Å²) >= 11 is 0.214. The SMILES string of the molecule is c1ccc(-c2cccnc2-c2c(-c3ccccc3)nnnc2-c2ccccc2-c2c(-c3ccccc3)ccc3[se]c4ccccc4c23)cc1. The normalized spacial score (nSPS) is 11.3. The average molecular weight is 692 g/mol. The molecule has 0 saturated heterocycles. The van der Waals surface area contributed by atoms with E-state index in [1.165, 1.54) is 36.0 Å². The molecule has 4 nitrogen and oxygen atoms in total. The van der Waals surface area contributed by atoms with Gasteiger partial charge in [0.25, 0.3) is 0 Å². The maximum atomic E-state index is 5.05. The summed E-state index contributed by atoms with van der Waals surface area (Å²) in [6.07, 6.45) is 1.85. The Kier molecular flexibility index (Phi) is 7.47. The molecule has 0 bridgehead atoms. The molecule has 0 atom stereocenters. The molecule has 0 saturated carbocycles. The van der Waals surface area contributed by atoms with Crippen LogP contribution in [-0.4, -0.2) is 34.9 Å². The zero-order valence-corrected chi connectivity index (χ0v) is 28.1. The number of hydrogen-bond donors (Lipinski definition) is 0. The van der Waals surface area contributed by atoms with Crippen molar-refractivity contribution in [1.29, 1.82) is 0 Å². The third kappa shape index (κ3) is 5.17. The number of benzene rings is 6. The van der Waals surface area contributed by atoms with E-state index in [4.69, 9.17) is 15.2 Å². The van der Waals surface area contributed by atoms with Crippen molar-refractivity contribution in [2.75, 3.05) is 0 Å². The summed E-state index contributed by atoms with van der Waals surface area (Å²) < 4.78 is 2.80. The van der Waals surface area contributed by atoms with E-state index in [1.807, 2.05) is 36.5 Å². The third-order valence-corrected chi connectivity index (χ3v) is 11.4. The van der Waals surface area contributed by atoms with E-state index >= 15 is 0 Å². The van der Waals surface area contributed by atoms with Gasteiger partial charge in [0.2, 0.25) is 0 Å². The Morgan fingerprint density at radius 1 is 0.367 bits per heavy atom. The van der Waals surface area contributed by atoms with Gasteiger partial charge in [0, 0.05) is 0 Å². The molecule has 5 heteroatoms. The van der Waals surface area contributed by atoms with Crippen molar-refractivity contribution >= 4 is 33.8 Å². The summed E-state index contributed by atoms with van der Waals surface area (Å²) in [6, 6.07) is 57.5. The Bertz CT molecular complexity index is 2600. The van der Waals surface area contributed by atoms with Gasteiger partial charge in [0.05, 0.1) is 0 Å². The third-order valence-electron chi connectivity index (χ3n) is 9.02. The fraction of sp³-hybridized carbons (Fsp3) is 0. The Balaban J connectivity index is 1.40. The molecule has 49 heavy (non-hydrogen) atoms. The number of nitrogens with zero attached hydrogens (tertiary/aromatic N) is 4. The van der Waals surface area contributed by atoms with Crippen molar-refractivity contribution < 1.29 is 0 Å². The molecule has 0 aliphatic heterocycles. The summed E-state index contributed by atoms with van der Waals surface area (Å²) in [6.45, 7) is 0. The molecule has 0 amide bonds. The van der Waals surface area contributed by atoms with Gasteiger partial charge in [0.1, 0.15) is 0 Å². The van der Waals surface area contributed by atoms with Gasteiger partial charge in [-0.25, -0.2) is 0 Å². The monoisotopic (exact) mass is 692 g/mol. The molecule has 0 aliphatic rings. The summed E-state index contributed by atoms with van der Waals surface area (Å²) in [5.74, 6) is 0. The predicted octanol–water partition coefficient (Wildman–Crippen LogP) is 10.6. The van der Waals surface area contributed by atoms with Gasteiger partial charge in [0.15, 0.2) is 0 Å². The van der Waals surface area contributed by atoms with E-state index in [1.54, 1.807) is 0 Å². The second kappa shape index (κ2) is 12.6. The average Bonchev–Trinajstić information content (AvgIpc) is 3.57. The first kappa shape index (κ1) is 29.2. The van der Waals surface area contributed by atoms with Gasteiger partial charge in [-0.1, -0.05) is 6.07 Å². The predicted molar refractivity (Wildman–Crippen MR) is 202 cm³/mol. The molecule has 0 unspecified atom stereocenters. The molecular weight excluding hydrogens is 663 g/mol. The van der Waals surface area contributed by atoms with Gasteiger partial charge >= 0.3 is 285 Å². The molecule has 0 radical (unpaired) electrons. The molecule has 9 aromatic rings. The van der Waals surface area contributed by atoms with Crippen LogP contribution in [0.4, 0.5) is 0 Å². The zero-order valence-electron chi connectivity index (χ0n) is 26.4. The number of pyridine rings is 1. The molecule has 230 valence electrons. The fourth-order valence-corrected chi connectivity index (χ4v) is 9.19. The molecule has 3 aromatic heterocycles. The number of aromatic nitrogens is 4. The summed E-state index contributed by atoms with van der Waals surface area (Å²) in [5, 5.41) is 16.6. The Hall–Kier alpha value is -6.00. The Morgan fingerprint density at radius 3 is 1.71 bits per heavy atom. The standard InChI is InChI=1S/C44H28N4Se/c1-4-15-29(16-5-1)32-26-27-38-40(36-23-12-13-25-37(36)49-38)39(32)34-21-10-11-22-35(34)44-41(42(46-48-47-44)31-19-8-3-9-20-31)43-33(24-14-28-45-43)30-17-6-2-7-18-30/h1-28H. The molecule has 3 heterocycles. The van der Waals surface area contributed by atoms with Gasteiger partial charge < -0.3 is 0 Å². The van der Waals surface area contributed by atoms with E-state index in [2.05, 4.69) is 139 Å². The van der Waals surface area contributed by atoms with Crippen LogP contribution in [-0.2, 0) is 0 Å². The van der Waals surface area contributed by atoms with Crippen LogP contribution >= 0.6 is 0 Å². The van der Waals surface area contributed by atoms with Crippen LogP contribution in [0.15, 0.2) is 170 Å². The second-order valence-corrected chi connectivity index (χ2v) is 14.1. The minimum atomic E-state index is 0.214. The molecular formula is C44H28N4Se. The van der Waals surface area contributed by atoms with Crippen molar-refractivity contribution in [3.05, 3.63) is 170 Å². The molecule has 0 N–H and O–H groups in total. The van der Waals surface area contributed by atoms with Crippen LogP contribution in [0, 0.1) is 0 Å². The van der Waals surface area contributed by atoms with Crippen molar-refractivity contribution in [3.8, 4) is 67.2 Å². The first-order valence-corrected chi connectivity index (χ1v) is 18.0. The van der Waals surface area contributed by atoms with Crippen LogP contribution in [0.25, 0.3) is 86.4 Å². The summed E-state index contributed by atoms with van der Waals surface area (Å²) in [4.78, 5) is 5.05. The minimum absolute atomic E-state index is 0.214. The van der Waals surface area contributed by atoms with Gasteiger partial charge in [-0.15, -0.1) is 0 Å². The molecule has 6 aromatic carbocycles. The first-order chi connectivity index (χ1) is 24.3. The zero-order chi connectivity index (χ0) is 32.6. The second-order valence-electron chi connectivity index (χ2n) is 11.9. The number of rotatable bonds is 6. The molecule has 0 fully saturated rings. The number of fused-ring (bicyclic) bond motifs is 3. The van der Waals surface area contributed by atoms with Crippen molar-refractivity contribution in [2.45, 2.75) is 0 Å². The van der Waals surface area contributed by atoms with Gasteiger partial charge in [-0.05, 0) is 0 Å². The number of hydrogen-bond acceptors (Lipinski definition) is 4. The van der Waals surface area contributed by atoms with Crippen molar-refractivity contribution in [3.63, 3.8) is 0 Å². The van der Waals surface area contributed by atoms with Gasteiger partial charge in [-0.3, -0.25) is 0 Å². The van der Waals surface area contributed by atoms with E-state index < -0.39 is 0 Å². The first-order valence-electron chi connectivity index (χ1n) is 16.2. The van der Waals surface area contributed by atoms with Crippen LogP contribution in [0.2, 0.25) is 0 Å². The van der Waals surface area contributed by atoms with Gasteiger partial charge in [-0.2, -0.15) is 0 Å². The Morgan fingerprint density at radius 2 is 0.959 bits per heavy atom. The molecule has 0 spiro atoms. The van der Waals surface area contributed by atoms with Crippen molar-refractivity contribution in [2.24, 2.45) is 0 Å². The topological polar surface area (TPSA) is 51.6 Å². The maximum absolute atomic E-state index is 5.05. The summed E-state index contributed by atoms with van der Waals surface area (Å²) in [5.41, 5.74) is 11.9. The van der Waals surface area contributed by atoms with E-state index in [-0.39, 0.29) is 14.5 Å². The molecule has 9 rings (SSSR count). The molecule has 0 aliphatic carbocycles.